The van der Waals surface area contributed by atoms with Crippen LogP contribution < -0.4 is 9.64 Å². The predicted octanol–water partition coefficient (Wildman–Crippen LogP) is 2.45. The highest BCUT2D eigenvalue weighted by Crippen LogP contribution is 2.37. The number of hydrogen-bond donors (Lipinski definition) is 1. The molecule has 4 nitrogen and oxygen atoms in total. The van der Waals surface area contributed by atoms with Gasteiger partial charge in [-0.1, -0.05) is 6.07 Å². The van der Waals surface area contributed by atoms with E-state index in [0.29, 0.717) is 13.1 Å². The van der Waals surface area contributed by atoms with Gasteiger partial charge < -0.3 is 14.7 Å². The van der Waals surface area contributed by atoms with Crippen LogP contribution in [-0.4, -0.2) is 29.8 Å². The Hall–Kier alpha value is -1.71. The summed E-state index contributed by atoms with van der Waals surface area (Å²) in [6, 6.07) is 6.02. The Morgan fingerprint density at radius 3 is 2.89 bits per heavy atom. The van der Waals surface area contributed by atoms with Gasteiger partial charge in [-0.25, -0.2) is 0 Å². The molecule has 98 valence electrons. The van der Waals surface area contributed by atoms with Crippen molar-refractivity contribution in [2.45, 2.75) is 32.8 Å². The molecule has 0 spiro atoms. The SMILES string of the molecule is Cc1ccc2c(c1)N(CCC(=O)O)CC(C)(C)O2. The first kappa shape index (κ1) is 12.7. The first-order chi connectivity index (χ1) is 8.37. The van der Waals surface area contributed by atoms with Gasteiger partial charge in [-0.15, -0.1) is 0 Å². The molecule has 0 amide bonds. The van der Waals surface area contributed by atoms with Crippen LogP contribution in [0.5, 0.6) is 5.75 Å². The number of fused-ring (bicyclic) bond motifs is 1. The van der Waals surface area contributed by atoms with Crippen molar-refractivity contribution in [2.24, 2.45) is 0 Å². The first-order valence-corrected chi connectivity index (χ1v) is 6.14. The molecule has 1 aliphatic heterocycles. The summed E-state index contributed by atoms with van der Waals surface area (Å²) in [5.41, 5.74) is 1.86. The van der Waals surface area contributed by atoms with Crippen molar-refractivity contribution in [3.05, 3.63) is 23.8 Å². The second kappa shape index (κ2) is 4.52. The van der Waals surface area contributed by atoms with Crippen LogP contribution in [0, 0.1) is 6.92 Å². The molecule has 0 aliphatic carbocycles. The van der Waals surface area contributed by atoms with E-state index >= 15 is 0 Å². The molecule has 0 aromatic heterocycles. The second-order valence-electron chi connectivity index (χ2n) is 5.40. The van der Waals surface area contributed by atoms with Crippen LogP contribution in [0.25, 0.3) is 0 Å². The molecule has 1 aromatic rings. The Morgan fingerprint density at radius 1 is 1.50 bits per heavy atom. The summed E-state index contributed by atoms with van der Waals surface area (Å²) >= 11 is 0. The summed E-state index contributed by atoms with van der Waals surface area (Å²) in [5.74, 6) is 0.0655. The minimum Gasteiger partial charge on any atom is -0.484 e. The molecule has 0 atom stereocenters. The molecule has 18 heavy (non-hydrogen) atoms. The van der Waals surface area contributed by atoms with Crippen LogP contribution in [0.2, 0.25) is 0 Å². The number of aryl methyl sites for hydroxylation is 1. The summed E-state index contributed by atoms with van der Waals surface area (Å²) < 4.78 is 5.92. The molecule has 4 heteroatoms. The molecule has 0 fully saturated rings. The highest BCUT2D eigenvalue weighted by Gasteiger charge is 2.31. The number of carbonyl (C=O) groups is 1. The molecular formula is C14H19NO3. The maximum atomic E-state index is 10.7. The lowest BCUT2D eigenvalue weighted by molar-refractivity contribution is -0.136. The summed E-state index contributed by atoms with van der Waals surface area (Å²) in [4.78, 5) is 12.8. The monoisotopic (exact) mass is 249 g/mol. The number of carboxylic acids is 1. The zero-order chi connectivity index (χ0) is 13.3. The summed E-state index contributed by atoms with van der Waals surface area (Å²) in [7, 11) is 0. The molecule has 0 radical (unpaired) electrons. The van der Waals surface area contributed by atoms with Gasteiger partial charge in [0.2, 0.25) is 0 Å². The Morgan fingerprint density at radius 2 is 2.22 bits per heavy atom. The maximum Gasteiger partial charge on any atom is 0.305 e. The highest BCUT2D eigenvalue weighted by molar-refractivity contribution is 5.69. The number of anilines is 1. The summed E-state index contributed by atoms with van der Waals surface area (Å²) in [5, 5.41) is 8.82. The van der Waals surface area contributed by atoms with E-state index in [4.69, 9.17) is 9.84 Å². The largest absolute Gasteiger partial charge is 0.484 e. The first-order valence-electron chi connectivity index (χ1n) is 6.14. The van der Waals surface area contributed by atoms with Gasteiger partial charge in [0.05, 0.1) is 18.7 Å². The van der Waals surface area contributed by atoms with Crippen LogP contribution in [0.1, 0.15) is 25.8 Å². The van der Waals surface area contributed by atoms with Crippen LogP contribution in [-0.2, 0) is 4.79 Å². The summed E-state index contributed by atoms with van der Waals surface area (Å²) in [6.45, 7) is 7.28. The number of carboxylic acid groups (broad SMARTS) is 1. The molecule has 0 unspecified atom stereocenters. The molecule has 0 saturated carbocycles. The van der Waals surface area contributed by atoms with Crippen molar-refractivity contribution >= 4 is 11.7 Å². The topological polar surface area (TPSA) is 49.8 Å². The minimum atomic E-state index is -0.770. The number of benzene rings is 1. The van der Waals surface area contributed by atoms with Gasteiger partial charge in [0.15, 0.2) is 0 Å². The van der Waals surface area contributed by atoms with Gasteiger partial charge in [-0.05, 0) is 38.5 Å². The average molecular weight is 249 g/mol. The molecule has 1 N–H and O–H groups in total. The van der Waals surface area contributed by atoms with Crippen molar-refractivity contribution in [3.63, 3.8) is 0 Å². The number of rotatable bonds is 3. The molecule has 1 heterocycles. The van der Waals surface area contributed by atoms with Crippen molar-refractivity contribution in [1.82, 2.24) is 0 Å². The average Bonchev–Trinajstić information content (AvgIpc) is 2.26. The Labute approximate surface area is 107 Å². The van der Waals surface area contributed by atoms with E-state index in [9.17, 15) is 4.79 Å². The van der Waals surface area contributed by atoms with E-state index in [1.165, 1.54) is 0 Å². The van der Waals surface area contributed by atoms with Gasteiger partial charge in [0.25, 0.3) is 0 Å². The fourth-order valence-corrected chi connectivity index (χ4v) is 2.27. The van der Waals surface area contributed by atoms with Gasteiger partial charge in [-0.3, -0.25) is 4.79 Å². The van der Waals surface area contributed by atoms with Gasteiger partial charge in [0, 0.05) is 6.54 Å². The zero-order valence-electron chi connectivity index (χ0n) is 11.1. The number of aliphatic carboxylic acids is 1. The lowest BCUT2D eigenvalue weighted by atomic mass is 10.0. The standard InChI is InChI=1S/C14H19NO3/c1-10-4-5-12-11(8-10)15(7-6-13(16)17)9-14(2,3)18-12/h4-5,8H,6-7,9H2,1-3H3,(H,16,17). The normalized spacial score (nSPS) is 16.9. The fraction of sp³-hybridized carbons (Fsp3) is 0.500. The Balaban J connectivity index is 2.29. The van der Waals surface area contributed by atoms with Gasteiger partial charge in [-0.2, -0.15) is 0 Å². The second-order valence-corrected chi connectivity index (χ2v) is 5.40. The lowest BCUT2D eigenvalue weighted by Gasteiger charge is -2.41. The molecule has 1 aromatic carbocycles. The molecule has 1 aliphatic rings. The Kier molecular flexibility index (Phi) is 3.20. The molecular weight excluding hydrogens is 230 g/mol. The quantitative estimate of drug-likeness (QED) is 0.894. The minimum absolute atomic E-state index is 0.142. The molecule has 0 saturated heterocycles. The van der Waals surface area contributed by atoms with E-state index in [-0.39, 0.29) is 12.0 Å². The Bertz CT molecular complexity index is 468. The van der Waals surface area contributed by atoms with Crippen molar-refractivity contribution in [1.29, 1.82) is 0 Å². The molecule has 2 rings (SSSR count). The highest BCUT2D eigenvalue weighted by atomic mass is 16.5. The number of hydrogen-bond acceptors (Lipinski definition) is 3. The van der Waals surface area contributed by atoms with Crippen LogP contribution in [0.4, 0.5) is 5.69 Å². The maximum absolute atomic E-state index is 10.7. The fourth-order valence-electron chi connectivity index (χ4n) is 2.27. The predicted molar refractivity (Wildman–Crippen MR) is 70.4 cm³/mol. The van der Waals surface area contributed by atoms with Crippen LogP contribution in [0.15, 0.2) is 18.2 Å². The van der Waals surface area contributed by atoms with Crippen molar-refractivity contribution in [3.8, 4) is 5.75 Å². The summed E-state index contributed by atoms with van der Waals surface area (Å²) in [6.07, 6.45) is 0.142. The van der Waals surface area contributed by atoms with E-state index in [0.717, 1.165) is 17.0 Å². The third-order valence-electron chi connectivity index (χ3n) is 3.01. The number of ether oxygens (including phenoxy) is 1. The van der Waals surface area contributed by atoms with E-state index in [1.807, 2.05) is 39.0 Å². The third kappa shape index (κ3) is 2.75. The van der Waals surface area contributed by atoms with Crippen LogP contribution >= 0.6 is 0 Å². The van der Waals surface area contributed by atoms with E-state index in [1.54, 1.807) is 0 Å². The van der Waals surface area contributed by atoms with E-state index in [2.05, 4.69) is 4.90 Å². The van der Waals surface area contributed by atoms with Crippen molar-refractivity contribution < 1.29 is 14.6 Å². The lowest BCUT2D eigenvalue weighted by Crippen LogP contribution is -2.47. The number of nitrogens with zero attached hydrogens (tertiary/aromatic N) is 1. The molecule has 0 bridgehead atoms. The van der Waals surface area contributed by atoms with E-state index < -0.39 is 5.97 Å². The zero-order valence-corrected chi connectivity index (χ0v) is 11.1. The van der Waals surface area contributed by atoms with Crippen molar-refractivity contribution in [2.75, 3.05) is 18.0 Å². The smallest absolute Gasteiger partial charge is 0.305 e. The third-order valence-corrected chi connectivity index (χ3v) is 3.01. The van der Waals surface area contributed by atoms with Gasteiger partial charge >= 0.3 is 5.97 Å². The van der Waals surface area contributed by atoms with Gasteiger partial charge in [0.1, 0.15) is 11.4 Å². The van der Waals surface area contributed by atoms with Crippen LogP contribution in [0.3, 0.4) is 0 Å².